The fourth-order valence-electron chi connectivity index (χ4n) is 1.28. The lowest BCUT2D eigenvalue weighted by Crippen LogP contribution is -2.18. The monoisotopic (exact) mass is 325 g/mol. The van der Waals surface area contributed by atoms with Gasteiger partial charge in [-0.25, -0.2) is 8.78 Å². The van der Waals surface area contributed by atoms with E-state index in [2.05, 4.69) is 4.74 Å². The van der Waals surface area contributed by atoms with Crippen LogP contribution in [0.2, 0.25) is 5.02 Å². The number of hydrogen-bond donors (Lipinski definition) is 1. The van der Waals surface area contributed by atoms with Crippen LogP contribution in [0.1, 0.15) is 18.0 Å². The zero-order chi connectivity index (χ0) is 13.9. The Morgan fingerprint density at radius 1 is 1.26 bits per heavy atom. The molecule has 0 fully saturated rings. The van der Waals surface area contributed by atoms with E-state index in [4.69, 9.17) is 17.3 Å². The molecule has 1 atom stereocenters. The van der Waals surface area contributed by atoms with E-state index in [1.165, 1.54) is 6.07 Å². The molecule has 2 nitrogen and oxygen atoms in total. The number of halogens is 7. The van der Waals surface area contributed by atoms with Crippen LogP contribution in [0.25, 0.3) is 0 Å². The number of rotatable bonds is 4. The molecule has 0 aliphatic heterocycles. The fourth-order valence-corrected chi connectivity index (χ4v) is 1.51. The summed E-state index contributed by atoms with van der Waals surface area (Å²) in [6, 6.07) is 2.19. The Balaban J connectivity index is 0.00000324. The van der Waals surface area contributed by atoms with Crippen molar-refractivity contribution in [2.75, 3.05) is 0 Å². The summed E-state index contributed by atoms with van der Waals surface area (Å²) in [6.07, 6.45) is -8.07. The highest BCUT2D eigenvalue weighted by molar-refractivity contribution is 6.32. The van der Waals surface area contributed by atoms with Crippen LogP contribution in [-0.4, -0.2) is 12.8 Å². The minimum atomic E-state index is -4.86. The van der Waals surface area contributed by atoms with Gasteiger partial charge >= 0.3 is 6.36 Å². The summed E-state index contributed by atoms with van der Waals surface area (Å²) in [5.74, 6) is -0.600. The van der Waals surface area contributed by atoms with Crippen molar-refractivity contribution >= 4 is 24.0 Å². The molecule has 0 aromatic heterocycles. The second-order valence-electron chi connectivity index (χ2n) is 3.47. The van der Waals surface area contributed by atoms with Crippen LogP contribution in [0.5, 0.6) is 5.75 Å². The lowest BCUT2D eigenvalue weighted by Gasteiger charge is -2.14. The van der Waals surface area contributed by atoms with E-state index in [-0.39, 0.29) is 23.0 Å². The third-order valence-corrected chi connectivity index (χ3v) is 2.34. The standard InChI is InChI=1S/C10H9ClF5NO.ClH/c11-6-3-5(7(17)4-9(12)13)1-2-8(6)18-10(14,15)16;/h1-3,7,9H,4,17H2;1H/t7-;/m0./s1. The predicted octanol–water partition coefficient (Wildman–Crippen LogP) is 4.32. The number of hydrogen-bond acceptors (Lipinski definition) is 2. The molecule has 0 amide bonds. The summed E-state index contributed by atoms with van der Waals surface area (Å²) in [7, 11) is 0. The van der Waals surface area contributed by atoms with Crippen LogP contribution in [0.3, 0.4) is 0 Å². The van der Waals surface area contributed by atoms with Crippen molar-refractivity contribution in [1.29, 1.82) is 0 Å². The summed E-state index contributed by atoms with van der Waals surface area (Å²) in [4.78, 5) is 0. The first-order valence-corrected chi connectivity index (χ1v) is 5.16. The van der Waals surface area contributed by atoms with Gasteiger partial charge < -0.3 is 10.5 Å². The maximum Gasteiger partial charge on any atom is 0.573 e. The van der Waals surface area contributed by atoms with E-state index in [9.17, 15) is 22.0 Å². The number of ether oxygens (including phenoxy) is 1. The molecule has 0 saturated heterocycles. The quantitative estimate of drug-likeness (QED) is 0.837. The molecule has 0 spiro atoms. The van der Waals surface area contributed by atoms with Crippen molar-refractivity contribution in [2.45, 2.75) is 25.3 Å². The van der Waals surface area contributed by atoms with Crippen molar-refractivity contribution in [2.24, 2.45) is 5.73 Å². The van der Waals surface area contributed by atoms with E-state index >= 15 is 0 Å². The van der Waals surface area contributed by atoms with E-state index in [0.29, 0.717) is 0 Å². The molecular formula is C10H10Cl2F5NO. The van der Waals surface area contributed by atoms with Crippen molar-refractivity contribution in [3.05, 3.63) is 28.8 Å². The highest BCUT2D eigenvalue weighted by atomic mass is 35.5. The van der Waals surface area contributed by atoms with Crippen LogP contribution >= 0.6 is 24.0 Å². The average molecular weight is 326 g/mol. The molecule has 9 heteroatoms. The first-order chi connectivity index (χ1) is 8.19. The highest BCUT2D eigenvalue weighted by Crippen LogP contribution is 2.32. The Labute approximate surface area is 117 Å². The smallest absolute Gasteiger partial charge is 0.404 e. The van der Waals surface area contributed by atoms with Crippen LogP contribution in [-0.2, 0) is 0 Å². The Morgan fingerprint density at radius 3 is 2.26 bits per heavy atom. The zero-order valence-corrected chi connectivity index (χ0v) is 10.8. The van der Waals surface area contributed by atoms with Gasteiger partial charge in [0.05, 0.1) is 5.02 Å². The van der Waals surface area contributed by atoms with Gasteiger partial charge in [0.2, 0.25) is 6.43 Å². The van der Waals surface area contributed by atoms with Gasteiger partial charge in [0.1, 0.15) is 5.75 Å². The average Bonchev–Trinajstić information content (AvgIpc) is 2.18. The van der Waals surface area contributed by atoms with Crippen LogP contribution in [0.4, 0.5) is 22.0 Å². The number of nitrogens with two attached hydrogens (primary N) is 1. The molecule has 1 rings (SSSR count). The molecule has 0 aliphatic carbocycles. The minimum Gasteiger partial charge on any atom is -0.404 e. The Bertz CT molecular complexity index is 413. The number of benzene rings is 1. The van der Waals surface area contributed by atoms with Crippen molar-refractivity contribution in [1.82, 2.24) is 0 Å². The van der Waals surface area contributed by atoms with Crippen molar-refractivity contribution < 1.29 is 26.7 Å². The summed E-state index contributed by atoms with van der Waals surface area (Å²) in [5.41, 5.74) is 5.66. The van der Waals surface area contributed by atoms with Crippen LogP contribution in [0.15, 0.2) is 18.2 Å². The first-order valence-electron chi connectivity index (χ1n) is 4.78. The van der Waals surface area contributed by atoms with Gasteiger partial charge in [-0.3, -0.25) is 0 Å². The molecule has 1 aromatic rings. The largest absolute Gasteiger partial charge is 0.573 e. The number of alkyl halides is 5. The van der Waals surface area contributed by atoms with Crippen molar-refractivity contribution in [3.8, 4) is 5.75 Å². The van der Waals surface area contributed by atoms with Gasteiger partial charge in [-0.2, -0.15) is 0 Å². The van der Waals surface area contributed by atoms with E-state index in [1.807, 2.05) is 0 Å². The molecule has 0 bridgehead atoms. The van der Waals surface area contributed by atoms with E-state index in [0.717, 1.165) is 12.1 Å². The minimum absolute atomic E-state index is 0. The molecule has 0 unspecified atom stereocenters. The second kappa shape index (κ2) is 7.12. The van der Waals surface area contributed by atoms with Gasteiger partial charge in [0.15, 0.2) is 0 Å². The van der Waals surface area contributed by atoms with E-state index < -0.39 is 31.0 Å². The Kier molecular flexibility index (Phi) is 6.82. The van der Waals surface area contributed by atoms with E-state index in [1.54, 1.807) is 0 Å². The van der Waals surface area contributed by atoms with Gasteiger partial charge in [0.25, 0.3) is 0 Å². The van der Waals surface area contributed by atoms with Gasteiger partial charge in [-0.15, -0.1) is 25.6 Å². The zero-order valence-electron chi connectivity index (χ0n) is 9.26. The molecular weight excluding hydrogens is 316 g/mol. The highest BCUT2D eigenvalue weighted by Gasteiger charge is 2.32. The molecule has 0 saturated carbocycles. The molecule has 1 aromatic carbocycles. The van der Waals surface area contributed by atoms with Crippen LogP contribution in [0, 0.1) is 0 Å². The Hall–Kier alpha value is -0.790. The Morgan fingerprint density at radius 2 is 1.84 bits per heavy atom. The van der Waals surface area contributed by atoms with Crippen LogP contribution < -0.4 is 10.5 Å². The lowest BCUT2D eigenvalue weighted by atomic mass is 10.0. The second-order valence-corrected chi connectivity index (χ2v) is 3.88. The summed E-state index contributed by atoms with van der Waals surface area (Å²) < 4.78 is 63.6. The lowest BCUT2D eigenvalue weighted by molar-refractivity contribution is -0.274. The molecule has 110 valence electrons. The molecule has 0 radical (unpaired) electrons. The maximum absolute atomic E-state index is 12.1. The van der Waals surface area contributed by atoms with Gasteiger partial charge in [-0.05, 0) is 17.7 Å². The first kappa shape index (κ1) is 18.2. The van der Waals surface area contributed by atoms with Gasteiger partial charge in [0, 0.05) is 12.5 Å². The summed E-state index contributed by atoms with van der Waals surface area (Å²) in [5, 5.41) is -0.338. The van der Waals surface area contributed by atoms with Crippen molar-refractivity contribution in [3.63, 3.8) is 0 Å². The molecule has 0 heterocycles. The van der Waals surface area contributed by atoms with Gasteiger partial charge in [-0.1, -0.05) is 17.7 Å². The SMILES string of the molecule is Cl.N[C@@H](CC(F)F)c1ccc(OC(F)(F)F)c(Cl)c1. The molecule has 19 heavy (non-hydrogen) atoms. The topological polar surface area (TPSA) is 35.2 Å². The molecule has 0 aliphatic rings. The molecule has 2 N–H and O–H groups in total. The normalized spacial score (nSPS) is 13.1. The maximum atomic E-state index is 12.1. The predicted molar refractivity (Wildman–Crippen MR) is 62.9 cm³/mol. The summed E-state index contributed by atoms with van der Waals surface area (Å²) in [6.45, 7) is 0. The third-order valence-electron chi connectivity index (χ3n) is 2.04. The summed E-state index contributed by atoms with van der Waals surface area (Å²) >= 11 is 5.55. The third kappa shape index (κ3) is 6.26. The fraction of sp³-hybridized carbons (Fsp3) is 0.400.